The largest absolute Gasteiger partial charge is 0.372 e. The fourth-order valence-electron chi connectivity index (χ4n) is 2.72. The van der Waals surface area contributed by atoms with Crippen LogP contribution in [0, 0.1) is 0 Å². The highest BCUT2D eigenvalue weighted by atomic mass is 16.5. The number of nitrogens with one attached hydrogen (secondary N) is 1. The van der Waals surface area contributed by atoms with Gasteiger partial charge in [-0.15, -0.1) is 0 Å². The average molecular weight is 301 g/mol. The van der Waals surface area contributed by atoms with Gasteiger partial charge < -0.3 is 4.74 Å². The highest BCUT2D eigenvalue weighted by molar-refractivity contribution is 6.06. The summed E-state index contributed by atoms with van der Waals surface area (Å²) in [6, 6.07) is 0. The van der Waals surface area contributed by atoms with Gasteiger partial charge in [0, 0.05) is 31.0 Å². The van der Waals surface area contributed by atoms with Crippen LogP contribution < -0.4 is 0 Å². The molecular formula is C16H19N3O3. The van der Waals surface area contributed by atoms with Gasteiger partial charge in [0.25, 0.3) is 11.8 Å². The third-order valence-electron chi connectivity index (χ3n) is 3.90. The van der Waals surface area contributed by atoms with Crippen molar-refractivity contribution >= 4 is 17.9 Å². The second-order valence-corrected chi connectivity index (χ2v) is 5.43. The van der Waals surface area contributed by atoms with Gasteiger partial charge in [-0.1, -0.05) is 6.08 Å². The molecule has 22 heavy (non-hydrogen) atoms. The third-order valence-corrected chi connectivity index (χ3v) is 3.90. The van der Waals surface area contributed by atoms with Crippen LogP contribution in [0.4, 0.5) is 0 Å². The van der Waals surface area contributed by atoms with Crippen LogP contribution in [-0.2, 0) is 14.3 Å². The van der Waals surface area contributed by atoms with Crippen molar-refractivity contribution in [2.24, 2.45) is 0 Å². The molecule has 2 amide bonds. The van der Waals surface area contributed by atoms with E-state index in [9.17, 15) is 9.59 Å². The van der Waals surface area contributed by atoms with E-state index in [1.165, 1.54) is 17.1 Å². The van der Waals surface area contributed by atoms with E-state index >= 15 is 0 Å². The van der Waals surface area contributed by atoms with Gasteiger partial charge in [0.05, 0.1) is 5.69 Å². The fourth-order valence-corrected chi connectivity index (χ4v) is 2.72. The molecule has 116 valence electrons. The van der Waals surface area contributed by atoms with Gasteiger partial charge >= 0.3 is 0 Å². The number of aromatic amines is 1. The predicted molar refractivity (Wildman–Crippen MR) is 80.6 cm³/mol. The summed E-state index contributed by atoms with van der Waals surface area (Å²) in [7, 11) is 0. The van der Waals surface area contributed by atoms with Crippen molar-refractivity contribution in [3.8, 4) is 0 Å². The summed E-state index contributed by atoms with van der Waals surface area (Å²) < 4.78 is 5.73. The SMILES string of the molecule is O=C1C=CCCN1C(=O)/C=C/c1c[nH]nc1C1CCCCO1. The fraction of sp³-hybridized carbons (Fsp3) is 0.438. The Morgan fingerprint density at radius 3 is 3.14 bits per heavy atom. The number of hydrogen-bond donors (Lipinski definition) is 1. The molecule has 0 aliphatic carbocycles. The summed E-state index contributed by atoms with van der Waals surface area (Å²) in [4.78, 5) is 25.0. The summed E-state index contributed by atoms with van der Waals surface area (Å²) in [5, 5.41) is 7.06. The second kappa shape index (κ2) is 6.70. The summed E-state index contributed by atoms with van der Waals surface area (Å²) in [6.07, 6.45) is 11.9. The lowest BCUT2D eigenvalue weighted by atomic mass is 10.0. The Bertz CT molecular complexity index is 612. The minimum absolute atomic E-state index is 0.0192. The van der Waals surface area contributed by atoms with Crippen LogP contribution in [0.25, 0.3) is 6.08 Å². The van der Waals surface area contributed by atoms with Crippen molar-refractivity contribution in [2.45, 2.75) is 31.8 Å². The molecule has 1 saturated heterocycles. The minimum atomic E-state index is -0.300. The maximum atomic E-state index is 12.1. The first-order valence-electron chi connectivity index (χ1n) is 7.61. The Balaban J connectivity index is 1.70. The number of carbonyl (C=O) groups is 2. The van der Waals surface area contributed by atoms with Crippen LogP contribution in [0.15, 0.2) is 24.4 Å². The van der Waals surface area contributed by atoms with E-state index in [1.54, 1.807) is 18.3 Å². The van der Waals surface area contributed by atoms with Gasteiger partial charge in [-0.2, -0.15) is 5.10 Å². The average Bonchev–Trinajstić information content (AvgIpc) is 3.02. The van der Waals surface area contributed by atoms with E-state index < -0.39 is 0 Å². The number of ether oxygens (including phenoxy) is 1. The highest BCUT2D eigenvalue weighted by Gasteiger charge is 2.22. The molecule has 0 bridgehead atoms. The number of aromatic nitrogens is 2. The number of hydrogen-bond acceptors (Lipinski definition) is 4. The predicted octanol–water partition coefficient (Wildman–Crippen LogP) is 1.98. The molecule has 1 fully saturated rings. The van der Waals surface area contributed by atoms with Crippen molar-refractivity contribution in [1.82, 2.24) is 15.1 Å². The van der Waals surface area contributed by atoms with Crippen molar-refractivity contribution in [3.05, 3.63) is 35.7 Å². The van der Waals surface area contributed by atoms with Crippen molar-refractivity contribution in [3.63, 3.8) is 0 Å². The number of amides is 2. The Labute approximate surface area is 128 Å². The zero-order valence-electron chi connectivity index (χ0n) is 12.3. The first kappa shape index (κ1) is 14.7. The molecule has 0 saturated carbocycles. The van der Waals surface area contributed by atoms with E-state index in [4.69, 9.17) is 4.74 Å². The lowest BCUT2D eigenvalue weighted by Crippen LogP contribution is -2.37. The Kier molecular flexibility index (Phi) is 4.48. The van der Waals surface area contributed by atoms with E-state index in [0.29, 0.717) is 13.0 Å². The number of imide groups is 1. The van der Waals surface area contributed by atoms with Gasteiger partial charge in [-0.3, -0.25) is 19.6 Å². The van der Waals surface area contributed by atoms with Crippen LogP contribution in [0.3, 0.4) is 0 Å². The maximum absolute atomic E-state index is 12.1. The first-order chi connectivity index (χ1) is 10.8. The van der Waals surface area contributed by atoms with Gasteiger partial charge in [0.2, 0.25) is 0 Å². The Morgan fingerprint density at radius 2 is 2.36 bits per heavy atom. The molecule has 0 radical (unpaired) electrons. The zero-order valence-corrected chi connectivity index (χ0v) is 12.3. The maximum Gasteiger partial charge on any atom is 0.253 e. The van der Waals surface area contributed by atoms with E-state index in [-0.39, 0.29) is 17.9 Å². The third kappa shape index (κ3) is 3.17. The second-order valence-electron chi connectivity index (χ2n) is 5.43. The Morgan fingerprint density at radius 1 is 1.45 bits per heavy atom. The normalized spacial score (nSPS) is 22.5. The van der Waals surface area contributed by atoms with Crippen LogP contribution in [0.5, 0.6) is 0 Å². The molecular weight excluding hydrogens is 282 g/mol. The topological polar surface area (TPSA) is 75.3 Å². The smallest absolute Gasteiger partial charge is 0.253 e. The quantitative estimate of drug-likeness (QED) is 0.866. The standard InChI is InChI=1S/C16H19N3O3/c20-14-6-1-3-9-19(14)15(21)8-7-12-11-17-18-16(12)13-5-2-4-10-22-13/h1,6-8,11,13H,2-5,9-10H2,(H,17,18)/b8-7+. The van der Waals surface area contributed by atoms with Crippen LogP contribution >= 0.6 is 0 Å². The van der Waals surface area contributed by atoms with Crippen molar-refractivity contribution < 1.29 is 14.3 Å². The van der Waals surface area contributed by atoms with Crippen molar-refractivity contribution in [2.75, 3.05) is 13.2 Å². The van der Waals surface area contributed by atoms with Crippen LogP contribution in [0.1, 0.15) is 43.0 Å². The zero-order chi connectivity index (χ0) is 15.4. The number of H-pyrrole nitrogens is 1. The van der Waals surface area contributed by atoms with Crippen LogP contribution in [0.2, 0.25) is 0 Å². The van der Waals surface area contributed by atoms with E-state index in [2.05, 4.69) is 10.2 Å². The minimum Gasteiger partial charge on any atom is -0.372 e. The highest BCUT2D eigenvalue weighted by Crippen LogP contribution is 2.29. The Hall–Kier alpha value is -2.21. The molecule has 1 unspecified atom stereocenters. The molecule has 0 aromatic carbocycles. The van der Waals surface area contributed by atoms with Crippen LogP contribution in [-0.4, -0.2) is 40.1 Å². The molecule has 1 aromatic heterocycles. The van der Waals surface area contributed by atoms with Gasteiger partial charge in [0.15, 0.2) is 0 Å². The van der Waals surface area contributed by atoms with Gasteiger partial charge in [-0.05, 0) is 37.8 Å². The van der Waals surface area contributed by atoms with Gasteiger partial charge in [0.1, 0.15) is 6.10 Å². The molecule has 6 nitrogen and oxygen atoms in total. The summed E-state index contributed by atoms with van der Waals surface area (Å²) in [5.41, 5.74) is 1.66. The molecule has 2 aliphatic rings. The monoisotopic (exact) mass is 301 g/mol. The lowest BCUT2D eigenvalue weighted by Gasteiger charge is -2.21. The molecule has 1 N–H and O–H groups in total. The summed E-state index contributed by atoms with van der Waals surface area (Å²) in [5.74, 6) is -0.560. The number of nitrogens with zero attached hydrogens (tertiary/aromatic N) is 2. The molecule has 0 spiro atoms. The number of carbonyl (C=O) groups excluding carboxylic acids is 2. The molecule has 3 heterocycles. The molecule has 1 atom stereocenters. The van der Waals surface area contributed by atoms with E-state index in [1.807, 2.05) is 0 Å². The van der Waals surface area contributed by atoms with Crippen molar-refractivity contribution in [1.29, 1.82) is 0 Å². The first-order valence-corrected chi connectivity index (χ1v) is 7.61. The van der Waals surface area contributed by atoms with E-state index in [0.717, 1.165) is 37.1 Å². The molecule has 1 aromatic rings. The lowest BCUT2D eigenvalue weighted by molar-refractivity contribution is -0.139. The molecule has 2 aliphatic heterocycles. The van der Waals surface area contributed by atoms with Gasteiger partial charge in [-0.25, -0.2) is 0 Å². The summed E-state index contributed by atoms with van der Waals surface area (Å²) in [6.45, 7) is 1.18. The molecule has 3 rings (SSSR count). The molecule has 6 heteroatoms. The summed E-state index contributed by atoms with van der Waals surface area (Å²) >= 11 is 0. The number of rotatable bonds is 3.